The molecule has 72 valence electrons. The van der Waals surface area contributed by atoms with Crippen LogP contribution in [-0.2, 0) is 6.42 Å². The van der Waals surface area contributed by atoms with Crippen LogP contribution in [0.2, 0.25) is 0 Å². The third kappa shape index (κ3) is 2.06. The first-order valence-electron chi connectivity index (χ1n) is 3.55. The fourth-order valence-corrected chi connectivity index (χ4v) is 1.31. The fraction of sp³-hybridized carbons (Fsp3) is 0.125. The molecule has 0 saturated carbocycles. The van der Waals surface area contributed by atoms with Gasteiger partial charge in [-0.3, -0.25) is 10.1 Å². The van der Waals surface area contributed by atoms with Gasteiger partial charge in [0, 0.05) is 11.6 Å². The average Bonchev–Trinajstić information content (AvgIpc) is 2.11. The van der Waals surface area contributed by atoms with Gasteiger partial charge in [0.05, 0.1) is 21.9 Å². The minimum Gasteiger partial charge on any atom is -0.258 e. The summed E-state index contributed by atoms with van der Waals surface area (Å²) in [6, 6.07) is 3.79. The predicted molar refractivity (Wildman–Crippen MR) is 50.1 cm³/mol. The number of benzene rings is 1. The molecule has 0 spiro atoms. The summed E-state index contributed by atoms with van der Waals surface area (Å²) >= 11 is 2.84. The van der Waals surface area contributed by atoms with Gasteiger partial charge in [-0.2, -0.15) is 5.26 Å². The highest BCUT2D eigenvalue weighted by Gasteiger charge is 2.16. The molecule has 1 aromatic carbocycles. The molecule has 0 saturated heterocycles. The normalized spacial score (nSPS) is 9.50. The van der Waals surface area contributed by atoms with Crippen molar-refractivity contribution in [2.75, 3.05) is 0 Å². The van der Waals surface area contributed by atoms with Gasteiger partial charge in [0.25, 0.3) is 5.69 Å². The lowest BCUT2D eigenvalue weighted by Crippen LogP contribution is -1.96. The molecule has 0 fully saturated rings. The Hall–Kier alpha value is -1.48. The van der Waals surface area contributed by atoms with Gasteiger partial charge in [0.1, 0.15) is 5.82 Å². The largest absolute Gasteiger partial charge is 0.274 e. The van der Waals surface area contributed by atoms with E-state index in [4.69, 9.17) is 5.26 Å². The van der Waals surface area contributed by atoms with E-state index in [-0.39, 0.29) is 22.1 Å². The number of hydrogen-bond donors (Lipinski definition) is 0. The maximum absolute atomic E-state index is 13.0. The molecule has 0 aromatic heterocycles. The number of nitro benzene ring substituents is 1. The maximum Gasteiger partial charge on any atom is 0.274 e. The summed E-state index contributed by atoms with van der Waals surface area (Å²) in [7, 11) is 0. The van der Waals surface area contributed by atoms with Crippen LogP contribution in [0.25, 0.3) is 0 Å². The topological polar surface area (TPSA) is 66.9 Å². The molecule has 0 aliphatic carbocycles. The van der Waals surface area contributed by atoms with E-state index in [1.807, 2.05) is 0 Å². The van der Waals surface area contributed by atoms with E-state index in [2.05, 4.69) is 15.9 Å². The summed E-state index contributed by atoms with van der Waals surface area (Å²) < 4.78 is 13.0. The Labute approximate surface area is 87.2 Å². The lowest BCUT2D eigenvalue weighted by atomic mass is 10.1. The lowest BCUT2D eigenvalue weighted by molar-refractivity contribution is -0.385. The van der Waals surface area contributed by atoms with E-state index < -0.39 is 10.7 Å². The first-order chi connectivity index (χ1) is 6.56. The van der Waals surface area contributed by atoms with E-state index in [0.29, 0.717) is 0 Å². The zero-order valence-electron chi connectivity index (χ0n) is 6.83. The van der Waals surface area contributed by atoms with Crippen LogP contribution in [0.1, 0.15) is 5.56 Å². The molecule has 6 heteroatoms. The Balaban J connectivity index is 3.32. The SMILES string of the molecule is N#CCc1cc(F)c(Br)cc1[N+](=O)[O-]. The highest BCUT2D eigenvalue weighted by Crippen LogP contribution is 2.26. The molecule has 4 nitrogen and oxygen atoms in total. The number of nitrogens with zero attached hydrogens (tertiary/aromatic N) is 2. The molecule has 1 aromatic rings. The molecule has 0 aliphatic rings. The second-order valence-corrected chi connectivity index (χ2v) is 3.34. The van der Waals surface area contributed by atoms with Crippen molar-refractivity contribution in [1.82, 2.24) is 0 Å². The molecule has 1 rings (SSSR count). The number of rotatable bonds is 2. The molecular formula is C8H4BrFN2O2. The fourth-order valence-electron chi connectivity index (χ4n) is 0.974. The molecule has 0 bridgehead atoms. The third-order valence-electron chi connectivity index (χ3n) is 1.59. The van der Waals surface area contributed by atoms with Crippen LogP contribution in [0.3, 0.4) is 0 Å². The van der Waals surface area contributed by atoms with Gasteiger partial charge in [0.2, 0.25) is 0 Å². The van der Waals surface area contributed by atoms with Crippen molar-refractivity contribution in [2.45, 2.75) is 6.42 Å². The molecule has 0 atom stereocenters. The Morgan fingerprint density at radius 2 is 2.29 bits per heavy atom. The van der Waals surface area contributed by atoms with E-state index in [1.54, 1.807) is 6.07 Å². The third-order valence-corrected chi connectivity index (χ3v) is 2.20. The average molecular weight is 259 g/mol. The van der Waals surface area contributed by atoms with Gasteiger partial charge in [0.15, 0.2) is 0 Å². The molecule has 14 heavy (non-hydrogen) atoms. The van der Waals surface area contributed by atoms with Gasteiger partial charge < -0.3 is 0 Å². The van der Waals surface area contributed by atoms with E-state index >= 15 is 0 Å². The maximum atomic E-state index is 13.0. The Kier molecular flexibility index (Phi) is 3.14. The minimum atomic E-state index is -0.642. The lowest BCUT2D eigenvalue weighted by Gasteiger charge is -2.00. The van der Waals surface area contributed by atoms with Gasteiger partial charge >= 0.3 is 0 Å². The highest BCUT2D eigenvalue weighted by atomic mass is 79.9. The van der Waals surface area contributed by atoms with E-state index in [0.717, 1.165) is 12.1 Å². The van der Waals surface area contributed by atoms with Crippen LogP contribution in [0, 0.1) is 27.3 Å². The molecule has 0 radical (unpaired) electrons. The molecule has 0 amide bonds. The summed E-state index contributed by atoms with van der Waals surface area (Å²) in [5.41, 5.74) is -0.168. The van der Waals surface area contributed by atoms with Gasteiger partial charge in [-0.25, -0.2) is 4.39 Å². The molecular weight excluding hydrogens is 255 g/mol. The van der Waals surface area contributed by atoms with Gasteiger partial charge in [-0.05, 0) is 22.0 Å². The van der Waals surface area contributed by atoms with Gasteiger partial charge in [-0.15, -0.1) is 0 Å². The van der Waals surface area contributed by atoms with Crippen molar-refractivity contribution in [2.24, 2.45) is 0 Å². The monoisotopic (exact) mass is 258 g/mol. The van der Waals surface area contributed by atoms with Gasteiger partial charge in [-0.1, -0.05) is 0 Å². The zero-order valence-corrected chi connectivity index (χ0v) is 8.41. The quantitative estimate of drug-likeness (QED) is 0.605. The first kappa shape index (κ1) is 10.6. The van der Waals surface area contributed by atoms with Crippen LogP contribution >= 0.6 is 15.9 Å². The molecule has 0 unspecified atom stereocenters. The Morgan fingerprint density at radius 1 is 1.64 bits per heavy atom. The molecule has 0 aliphatic heterocycles. The van der Waals surface area contributed by atoms with E-state index in [9.17, 15) is 14.5 Å². The van der Waals surface area contributed by atoms with Crippen molar-refractivity contribution >= 4 is 21.6 Å². The van der Waals surface area contributed by atoms with Crippen molar-refractivity contribution < 1.29 is 9.31 Å². The predicted octanol–water partition coefficient (Wildman–Crippen LogP) is 2.56. The summed E-state index contributed by atoms with van der Waals surface area (Å²) in [5, 5.41) is 18.9. The van der Waals surface area contributed by atoms with Crippen molar-refractivity contribution in [3.05, 3.63) is 38.1 Å². The first-order valence-corrected chi connectivity index (χ1v) is 4.35. The van der Waals surface area contributed by atoms with Crippen LogP contribution in [-0.4, -0.2) is 4.92 Å². The minimum absolute atomic E-state index is 0.0193. The summed E-state index contributed by atoms with van der Waals surface area (Å²) in [4.78, 5) is 9.87. The highest BCUT2D eigenvalue weighted by molar-refractivity contribution is 9.10. The second kappa shape index (κ2) is 4.15. The van der Waals surface area contributed by atoms with Crippen LogP contribution in [0.15, 0.2) is 16.6 Å². The summed E-state index contributed by atoms with van der Waals surface area (Å²) in [6.45, 7) is 0. The smallest absolute Gasteiger partial charge is 0.258 e. The number of hydrogen-bond acceptors (Lipinski definition) is 3. The van der Waals surface area contributed by atoms with E-state index in [1.165, 1.54) is 0 Å². The summed E-state index contributed by atoms with van der Waals surface area (Å²) in [6.07, 6.45) is -0.180. The standard InChI is InChI=1S/C8H4BrFN2O2/c9-6-4-8(12(13)14)5(1-2-11)3-7(6)10/h3-4H,1H2. The molecule has 0 N–H and O–H groups in total. The number of nitro groups is 1. The number of halogens is 2. The Bertz CT molecular complexity index is 428. The van der Waals surface area contributed by atoms with Crippen LogP contribution in [0.4, 0.5) is 10.1 Å². The Morgan fingerprint density at radius 3 is 2.79 bits per heavy atom. The van der Waals surface area contributed by atoms with Crippen molar-refractivity contribution in [3.63, 3.8) is 0 Å². The zero-order chi connectivity index (χ0) is 10.7. The van der Waals surface area contributed by atoms with Crippen LogP contribution in [0.5, 0.6) is 0 Å². The second-order valence-electron chi connectivity index (χ2n) is 2.49. The molecule has 0 heterocycles. The van der Waals surface area contributed by atoms with Crippen molar-refractivity contribution in [3.8, 4) is 6.07 Å². The van der Waals surface area contributed by atoms with Crippen molar-refractivity contribution in [1.29, 1.82) is 5.26 Å². The van der Waals surface area contributed by atoms with Crippen LogP contribution < -0.4 is 0 Å². The number of nitriles is 1. The summed E-state index contributed by atoms with van der Waals surface area (Å²) in [5.74, 6) is -0.610.